The van der Waals surface area contributed by atoms with E-state index >= 15 is 0 Å². The van der Waals surface area contributed by atoms with Gasteiger partial charge < -0.3 is 9.30 Å². The number of likely N-dealkylation sites (tertiary alicyclic amines) is 1. The van der Waals surface area contributed by atoms with Crippen LogP contribution in [0.15, 0.2) is 48.5 Å². The SMILES string of the molecule is CCOc1ccc(C2CCCN2Cn2nc(-c3ccccc3Cl)n(C)c2=S)cc1. The predicted molar refractivity (Wildman–Crippen MR) is 119 cm³/mol. The molecule has 0 aliphatic carbocycles. The number of ether oxygens (including phenoxy) is 1. The molecule has 1 atom stereocenters. The summed E-state index contributed by atoms with van der Waals surface area (Å²) < 4.78 is 10.1. The molecule has 1 aliphatic heterocycles. The molecule has 0 spiro atoms. The second kappa shape index (κ2) is 8.69. The van der Waals surface area contributed by atoms with Gasteiger partial charge >= 0.3 is 0 Å². The number of nitrogens with zero attached hydrogens (tertiary/aromatic N) is 4. The summed E-state index contributed by atoms with van der Waals surface area (Å²) in [6, 6.07) is 16.5. The molecule has 7 heteroatoms. The molecule has 0 bridgehead atoms. The Hall–Kier alpha value is -2.15. The van der Waals surface area contributed by atoms with E-state index in [9.17, 15) is 0 Å². The quantitative estimate of drug-likeness (QED) is 0.488. The number of aromatic nitrogens is 3. The highest BCUT2D eigenvalue weighted by atomic mass is 35.5. The van der Waals surface area contributed by atoms with Gasteiger partial charge in [0.2, 0.25) is 0 Å². The van der Waals surface area contributed by atoms with Crippen LogP contribution in [0.2, 0.25) is 5.02 Å². The van der Waals surface area contributed by atoms with Gasteiger partial charge in [0.05, 0.1) is 18.3 Å². The van der Waals surface area contributed by atoms with E-state index in [2.05, 4.69) is 29.2 Å². The smallest absolute Gasteiger partial charge is 0.199 e. The molecular weight excluding hydrogens is 404 g/mol. The summed E-state index contributed by atoms with van der Waals surface area (Å²) in [5.74, 6) is 1.70. The van der Waals surface area contributed by atoms with Crippen molar-refractivity contribution in [1.29, 1.82) is 0 Å². The number of hydrogen-bond acceptors (Lipinski definition) is 4. The van der Waals surface area contributed by atoms with Crippen LogP contribution in [0, 0.1) is 4.77 Å². The van der Waals surface area contributed by atoms with Gasteiger partial charge in [-0.3, -0.25) is 4.90 Å². The van der Waals surface area contributed by atoms with Crippen molar-refractivity contribution in [3.05, 3.63) is 63.9 Å². The Morgan fingerprint density at radius 2 is 1.93 bits per heavy atom. The van der Waals surface area contributed by atoms with E-state index in [0.717, 1.165) is 36.5 Å². The molecule has 152 valence electrons. The molecule has 29 heavy (non-hydrogen) atoms. The molecule has 1 fully saturated rings. The fraction of sp³-hybridized carbons (Fsp3) is 0.364. The van der Waals surface area contributed by atoms with Crippen molar-refractivity contribution < 1.29 is 4.74 Å². The van der Waals surface area contributed by atoms with Crippen molar-refractivity contribution in [2.45, 2.75) is 32.5 Å². The lowest BCUT2D eigenvalue weighted by Gasteiger charge is -2.24. The summed E-state index contributed by atoms with van der Waals surface area (Å²) in [7, 11) is 1.94. The van der Waals surface area contributed by atoms with Crippen LogP contribution in [0.3, 0.4) is 0 Å². The summed E-state index contributed by atoms with van der Waals surface area (Å²) in [6.45, 7) is 4.37. The van der Waals surface area contributed by atoms with Crippen molar-refractivity contribution >= 4 is 23.8 Å². The van der Waals surface area contributed by atoms with Gasteiger partial charge in [-0.25, -0.2) is 4.68 Å². The van der Waals surface area contributed by atoms with Crippen LogP contribution >= 0.6 is 23.8 Å². The lowest BCUT2D eigenvalue weighted by Crippen LogP contribution is -2.27. The second-order valence-corrected chi connectivity index (χ2v) is 8.03. The highest BCUT2D eigenvalue weighted by Gasteiger charge is 2.27. The van der Waals surface area contributed by atoms with E-state index in [1.807, 2.05) is 47.5 Å². The van der Waals surface area contributed by atoms with Crippen LogP contribution in [0.1, 0.15) is 31.4 Å². The molecule has 3 aromatic rings. The van der Waals surface area contributed by atoms with Gasteiger partial charge in [0.25, 0.3) is 0 Å². The maximum Gasteiger partial charge on any atom is 0.199 e. The standard InChI is InChI=1S/C22H25ClN4OS/c1-3-28-17-12-10-16(11-13-17)20-9-6-14-26(20)15-27-22(29)25(2)21(24-27)18-7-4-5-8-19(18)23/h4-5,7-8,10-13,20H,3,6,9,14-15H2,1-2H3. The summed E-state index contributed by atoms with van der Waals surface area (Å²) in [5.41, 5.74) is 2.20. The zero-order valence-electron chi connectivity index (χ0n) is 16.7. The van der Waals surface area contributed by atoms with E-state index in [1.54, 1.807) is 0 Å². The highest BCUT2D eigenvalue weighted by Crippen LogP contribution is 2.33. The number of rotatable bonds is 6. The maximum atomic E-state index is 6.38. The minimum Gasteiger partial charge on any atom is -0.494 e. The molecule has 0 N–H and O–H groups in total. The first kappa shape index (κ1) is 20.1. The third kappa shape index (κ3) is 4.10. The Morgan fingerprint density at radius 3 is 2.66 bits per heavy atom. The fourth-order valence-electron chi connectivity index (χ4n) is 3.95. The Bertz CT molecular complexity index is 1040. The average Bonchev–Trinajstić information content (AvgIpc) is 3.30. The van der Waals surface area contributed by atoms with Crippen molar-refractivity contribution in [1.82, 2.24) is 19.2 Å². The van der Waals surface area contributed by atoms with E-state index in [1.165, 1.54) is 5.56 Å². The summed E-state index contributed by atoms with van der Waals surface area (Å²) in [6.07, 6.45) is 2.29. The van der Waals surface area contributed by atoms with E-state index in [0.29, 0.717) is 29.1 Å². The van der Waals surface area contributed by atoms with Crippen molar-refractivity contribution in [2.75, 3.05) is 13.2 Å². The van der Waals surface area contributed by atoms with Gasteiger partial charge in [0, 0.05) is 25.2 Å². The number of halogens is 1. The van der Waals surface area contributed by atoms with E-state index < -0.39 is 0 Å². The molecule has 5 nitrogen and oxygen atoms in total. The first-order valence-corrected chi connectivity index (χ1v) is 10.7. The summed E-state index contributed by atoms with van der Waals surface area (Å²) >= 11 is 12.1. The van der Waals surface area contributed by atoms with E-state index in [-0.39, 0.29) is 0 Å². The Kier molecular flexibility index (Phi) is 6.04. The molecule has 1 aromatic heterocycles. The third-order valence-electron chi connectivity index (χ3n) is 5.41. The summed E-state index contributed by atoms with van der Waals surface area (Å²) in [4.78, 5) is 2.44. The number of hydrogen-bond donors (Lipinski definition) is 0. The maximum absolute atomic E-state index is 6.38. The molecule has 0 radical (unpaired) electrons. The van der Waals surface area contributed by atoms with Crippen molar-refractivity contribution in [2.24, 2.45) is 7.05 Å². The van der Waals surface area contributed by atoms with Crippen LogP contribution in [-0.2, 0) is 13.7 Å². The molecule has 0 amide bonds. The molecule has 1 aliphatic rings. The fourth-order valence-corrected chi connectivity index (χ4v) is 4.36. The average molecular weight is 429 g/mol. The van der Waals surface area contributed by atoms with Crippen molar-refractivity contribution in [3.8, 4) is 17.1 Å². The second-order valence-electron chi connectivity index (χ2n) is 7.26. The van der Waals surface area contributed by atoms with Crippen LogP contribution < -0.4 is 4.74 Å². The van der Waals surface area contributed by atoms with Gasteiger partial charge in [0.1, 0.15) is 5.75 Å². The normalized spacial score (nSPS) is 17.0. The molecule has 4 rings (SSSR count). The molecule has 2 aromatic carbocycles. The van der Waals surface area contributed by atoms with Gasteiger partial charge in [-0.05, 0) is 61.8 Å². The van der Waals surface area contributed by atoms with Crippen LogP contribution in [0.4, 0.5) is 0 Å². The highest BCUT2D eigenvalue weighted by molar-refractivity contribution is 7.71. The Balaban J connectivity index is 1.58. The van der Waals surface area contributed by atoms with Gasteiger partial charge in [-0.15, -0.1) is 0 Å². The van der Waals surface area contributed by atoms with E-state index in [4.69, 9.17) is 33.7 Å². The third-order valence-corrected chi connectivity index (χ3v) is 6.22. The first-order chi connectivity index (χ1) is 14.1. The lowest BCUT2D eigenvalue weighted by atomic mass is 10.0. The lowest BCUT2D eigenvalue weighted by molar-refractivity contribution is 0.190. The number of benzene rings is 2. The van der Waals surface area contributed by atoms with Gasteiger partial charge in [-0.2, -0.15) is 5.10 Å². The predicted octanol–water partition coefficient (Wildman–Crippen LogP) is 5.46. The minimum absolute atomic E-state index is 0.360. The molecule has 2 heterocycles. The largest absolute Gasteiger partial charge is 0.494 e. The monoisotopic (exact) mass is 428 g/mol. The first-order valence-electron chi connectivity index (χ1n) is 9.94. The van der Waals surface area contributed by atoms with Crippen LogP contribution in [0.5, 0.6) is 5.75 Å². The Morgan fingerprint density at radius 1 is 1.17 bits per heavy atom. The molecule has 1 saturated heterocycles. The molecule has 1 unspecified atom stereocenters. The van der Waals surface area contributed by atoms with Crippen LogP contribution in [0.25, 0.3) is 11.4 Å². The van der Waals surface area contributed by atoms with Gasteiger partial charge in [0.15, 0.2) is 10.6 Å². The topological polar surface area (TPSA) is 35.2 Å². The zero-order valence-corrected chi connectivity index (χ0v) is 18.3. The van der Waals surface area contributed by atoms with Crippen LogP contribution in [-0.4, -0.2) is 32.4 Å². The summed E-state index contributed by atoms with van der Waals surface area (Å²) in [5, 5.41) is 5.48. The zero-order chi connectivity index (χ0) is 20.4. The molecule has 0 saturated carbocycles. The molecular formula is C22H25ClN4OS. The van der Waals surface area contributed by atoms with Crippen molar-refractivity contribution in [3.63, 3.8) is 0 Å². The Labute approximate surface area is 181 Å². The minimum atomic E-state index is 0.360. The van der Waals surface area contributed by atoms with Gasteiger partial charge in [-0.1, -0.05) is 35.9 Å².